The number of benzene rings is 1. The van der Waals surface area contributed by atoms with Crippen LogP contribution >= 0.6 is 0 Å². The number of halogens is 2. The topological polar surface area (TPSA) is 72.2 Å². The van der Waals surface area contributed by atoms with Crippen LogP contribution in [0.5, 0.6) is 0 Å². The maximum atomic E-state index is 13.4. The molecule has 0 heterocycles. The molecule has 0 saturated heterocycles. The molecule has 0 fully saturated rings. The van der Waals surface area contributed by atoms with Crippen molar-refractivity contribution >= 4 is 21.4 Å². The third-order valence-corrected chi connectivity index (χ3v) is 3.75. The monoisotopic (exact) mass is 278 g/mol. The van der Waals surface area contributed by atoms with Gasteiger partial charge in [-0.05, 0) is 11.5 Å². The van der Waals surface area contributed by atoms with E-state index in [0.29, 0.717) is 6.07 Å². The van der Waals surface area contributed by atoms with Gasteiger partial charge < -0.3 is 5.73 Å². The summed E-state index contributed by atoms with van der Waals surface area (Å²) in [4.78, 5) is 0. The molecule has 102 valence electrons. The van der Waals surface area contributed by atoms with E-state index in [9.17, 15) is 17.2 Å². The van der Waals surface area contributed by atoms with Crippen LogP contribution in [-0.4, -0.2) is 14.2 Å². The zero-order chi connectivity index (χ0) is 14.1. The summed E-state index contributed by atoms with van der Waals surface area (Å²) in [6.45, 7) is 5.21. The second-order valence-electron chi connectivity index (χ2n) is 5.28. The maximum Gasteiger partial charge on any atom is 0.233 e. The molecule has 0 radical (unpaired) electrons. The van der Waals surface area contributed by atoms with Crippen molar-refractivity contribution in [2.24, 2.45) is 5.41 Å². The Morgan fingerprint density at radius 1 is 1.22 bits per heavy atom. The minimum Gasteiger partial charge on any atom is -0.396 e. The van der Waals surface area contributed by atoms with Crippen molar-refractivity contribution in [2.45, 2.75) is 20.8 Å². The van der Waals surface area contributed by atoms with Crippen LogP contribution in [0.25, 0.3) is 0 Å². The number of hydrogen-bond acceptors (Lipinski definition) is 3. The fraction of sp³-hybridized carbons (Fsp3) is 0.455. The van der Waals surface area contributed by atoms with Gasteiger partial charge in [-0.3, -0.25) is 4.72 Å². The summed E-state index contributed by atoms with van der Waals surface area (Å²) in [5.74, 6) is -2.11. The Labute approximate surface area is 105 Å². The second kappa shape index (κ2) is 4.72. The highest BCUT2D eigenvalue weighted by atomic mass is 32.2. The molecule has 1 aromatic rings. The van der Waals surface area contributed by atoms with Crippen molar-refractivity contribution < 1.29 is 17.2 Å². The lowest BCUT2D eigenvalue weighted by Crippen LogP contribution is -2.26. The molecule has 1 aromatic carbocycles. The van der Waals surface area contributed by atoms with Crippen LogP contribution < -0.4 is 10.5 Å². The molecule has 7 heteroatoms. The number of hydrogen-bond donors (Lipinski definition) is 2. The van der Waals surface area contributed by atoms with Gasteiger partial charge in [-0.25, -0.2) is 17.2 Å². The summed E-state index contributed by atoms with van der Waals surface area (Å²) in [5.41, 5.74) is 4.12. The van der Waals surface area contributed by atoms with Crippen molar-refractivity contribution in [3.63, 3.8) is 0 Å². The molecule has 0 aliphatic carbocycles. The zero-order valence-corrected chi connectivity index (χ0v) is 11.2. The summed E-state index contributed by atoms with van der Waals surface area (Å²) in [5, 5.41) is 0. The van der Waals surface area contributed by atoms with E-state index in [0.717, 1.165) is 6.07 Å². The molecule has 0 amide bonds. The lowest BCUT2D eigenvalue weighted by molar-refractivity contribution is 0.463. The quantitative estimate of drug-likeness (QED) is 0.833. The minimum absolute atomic E-state index is 0.184. The Hall–Kier alpha value is -1.37. The number of nitrogens with two attached hydrogens (primary N) is 1. The third-order valence-electron chi connectivity index (χ3n) is 1.97. The summed E-state index contributed by atoms with van der Waals surface area (Å²) < 4.78 is 51.9. The largest absolute Gasteiger partial charge is 0.396 e. The number of nitrogen functional groups attached to an aromatic ring is 1. The van der Waals surface area contributed by atoms with Crippen LogP contribution in [0, 0.1) is 17.0 Å². The predicted octanol–water partition coefficient (Wildman–Crippen LogP) is 2.33. The SMILES string of the molecule is CC(C)(C)CS(=O)(=O)Nc1cc(N)c(F)cc1F. The normalized spacial score (nSPS) is 12.5. The number of sulfonamides is 1. The Bertz CT molecular complexity index is 551. The Kier molecular flexibility index (Phi) is 3.85. The van der Waals surface area contributed by atoms with Gasteiger partial charge >= 0.3 is 0 Å². The molecule has 0 atom stereocenters. The number of nitrogens with one attached hydrogen (secondary N) is 1. The van der Waals surface area contributed by atoms with Crippen LogP contribution in [0.15, 0.2) is 12.1 Å². The molecule has 0 aliphatic rings. The van der Waals surface area contributed by atoms with Crippen LogP contribution in [0.4, 0.5) is 20.2 Å². The molecule has 0 saturated carbocycles. The standard InChI is InChI=1S/C11H16F2N2O2S/c1-11(2,3)6-18(16,17)15-10-5-9(14)7(12)4-8(10)13/h4-5,15H,6,14H2,1-3H3. The van der Waals surface area contributed by atoms with E-state index in [1.54, 1.807) is 20.8 Å². The molecule has 4 nitrogen and oxygen atoms in total. The van der Waals surface area contributed by atoms with Crippen molar-refractivity contribution in [1.29, 1.82) is 0 Å². The molecule has 0 spiro atoms. The van der Waals surface area contributed by atoms with E-state index in [1.807, 2.05) is 0 Å². The molecule has 1 rings (SSSR count). The van der Waals surface area contributed by atoms with E-state index in [-0.39, 0.29) is 17.1 Å². The molecule has 3 N–H and O–H groups in total. The van der Waals surface area contributed by atoms with E-state index in [4.69, 9.17) is 5.73 Å². The van der Waals surface area contributed by atoms with Gasteiger partial charge in [0.1, 0.15) is 11.6 Å². The number of anilines is 2. The third kappa shape index (κ3) is 4.14. The first-order valence-corrected chi connectivity index (χ1v) is 6.90. The molecular weight excluding hydrogens is 262 g/mol. The summed E-state index contributed by atoms with van der Waals surface area (Å²) in [6.07, 6.45) is 0. The lowest BCUT2D eigenvalue weighted by Gasteiger charge is -2.19. The second-order valence-corrected chi connectivity index (χ2v) is 7.00. The lowest BCUT2D eigenvalue weighted by atomic mass is 10.0. The molecule has 0 aliphatic heterocycles. The van der Waals surface area contributed by atoms with Crippen molar-refractivity contribution in [2.75, 3.05) is 16.2 Å². The van der Waals surface area contributed by atoms with Gasteiger partial charge in [0.05, 0.1) is 17.1 Å². The zero-order valence-electron chi connectivity index (χ0n) is 10.4. The minimum atomic E-state index is -3.71. The maximum absolute atomic E-state index is 13.4. The van der Waals surface area contributed by atoms with Crippen LogP contribution in [0.3, 0.4) is 0 Å². The van der Waals surface area contributed by atoms with Gasteiger partial charge in [-0.15, -0.1) is 0 Å². The fourth-order valence-electron chi connectivity index (χ4n) is 1.42. The van der Waals surface area contributed by atoms with E-state index >= 15 is 0 Å². The summed E-state index contributed by atoms with van der Waals surface area (Å²) in [7, 11) is -3.71. The molecule has 18 heavy (non-hydrogen) atoms. The smallest absolute Gasteiger partial charge is 0.233 e. The first-order chi connectivity index (χ1) is 8.00. The molecule has 0 aromatic heterocycles. The Morgan fingerprint density at radius 3 is 2.28 bits per heavy atom. The van der Waals surface area contributed by atoms with E-state index < -0.39 is 27.1 Å². The first kappa shape index (κ1) is 14.7. The van der Waals surface area contributed by atoms with Crippen LogP contribution in [0.1, 0.15) is 20.8 Å². The van der Waals surface area contributed by atoms with E-state index in [2.05, 4.69) is 4.72 Å². The molecule has 0 bridgehead atoms. The van der Waals surface area contributed by atoms with Crippen LogP contribution in [0.2, 0.25) is 0 Å². The van der Waals surface area contributed by atoms with Crippen molar-refractivity contribution in [3.05, 3.63) is 23.8 Å². The average Bonchev–Trinajstić information content (AvgIpc) is 2.09. The fourth-order valence-corrected chi connectivity index (χ4v) is 3.12. The van der Waals surface area contributed by atoms with Crippen molar-refractivity contribution in [3.8, 4) is 0 Å². The van der Waals surface area contributed by atoms with Gasteiger partial charge in [-0.1, -0.05) is 20.8 Å². The average molecular weight is 278 g/mol. The van der Waals surface area contributed by atoms with Crippen LogP contribution in [-0.2, 0) is 10.0 Å². The number of rotatable bonds is 3. The highest BCUT2D eigenvalue weighted by molar-refractivity contribution is 7.92. The highest BCUT2D eigenvalue weighted by Gasteiger charge is 2.23. The first-order valence-electron chi connectivity index (χ1n) is 5.25. The van der Waals surface area contributed by atoms with Gasteiger partial charge in [-0.2, -0.15) is 0 Å². The Balaban J connectivity index is 3.02. The summed E-state index contributed by atoms with van der Waals surface area (Å²) in [6, 6.07) is 1.47. The molecule has 0 unspecified atom stereocenters. The van der Waals surface area contributed by atoms with Crippen molar-refractivity contribution in [1.82, 2.24) is 0 Å². The Morgan fingerprint density at radius 2 is 1.78 bits per heavy atom. The summed E-state index contributed by atoms with van der Waals surface area (Å²) >= 11 is 0. The van der Waals surface area contributed by atoms with E-state index in [1.165, 1.54) is 0 Å². The predicted molar refractivity (Wildman–Crippen MR) is 67.6 cm³/mol. The van der Waals surface area contributed by atoms with Gasteiger partial charge in [0.2, 0.25) is 10.0 Å². The van der Waals surface area contributed by atoms with Gasteiger partial charge in [0, 0.05) is 6.07 Å². The van der Waals surface area contributed by atoms with Gasteiger partial charge in [0.25, 0.3) is 0 Å². The van der Waals surface area contributed by atoms with Gasteiger partial charge in [0.15, 0.2) is 0 Å². The highest BCUT2D eigenvalue weighted by Crippen LogP contribution is 2.24. The molecular formula is C11H16F2N2O2S.